The lowest BCUT2D eigenvalue weighted by molar-refractivity contribution is 0.455. The van der Waals surface area contributed by atoms with Gasteiger partial charge in [0.15, 0.2) is 0 Å². The molecule has 1 aromatic rings. The SMILES string of the molecule is O=P1(N(CCCl)CCCl)Nc2ccccc2N1. The summed E-state index contributed by atoms with van der Waals surface area (Å²) in [6.07, 6.45) is 0. The highest BCUT2D eigenvalue weighted by molar-refractivity contribution is 7.65. The third kappa shape index (κ3) is 2.71. The molecule has 0 aromatic heterocycles. The first kappa shape index (κ1) is 13.0. The first-order chi connectivity index (χ1) is 8.19. The van der Waals surface area contributed by atoms with Crippen LogP contribution in [0.15, 0.2) is 24.3 Å². The molecule has 2 rings (SSSR count). The molecule has 0 unspecified atom stereocenters. The molecule has 7 heteroatoms. The standard InChI is InChI=1S/C10H14Cl2N3OP/c11-5-7-15(8-6-12)17(16)13-9-3-1-2-4-10(9)14-17/h1-4H,5-8H2,(H2,13,14,16). The number of fused-ring (bicyclic) bond motifs is 1. The fourth-order valence-corrected chi connectivity index (χ4v) is 4.55. The Bertz CT molecular complexity index is 408. The van der Waals surface area contributed by atoms with E-state index in [0.717, 1.165) is 11.4 Å². The molecule has 1 aliphatic rings. The maximum absolute atomic E-state index is 12.7. The zero-order chi connectivity index (χ0) is 12.3. The normalized spacial score (nSPS) is 16.4. The number of nitrogens with one attached hydrogen (secondary N) is 2. The number of anilines is 2. The van der Waals surface area contributed by atoms with Gasteiger partial charge >= 0.3 is 7.59 Å². The van der Waals surface area contributed by atoms with Crippen molar-refractivity contribution >= 4 is 42.2 Å². The Morgan fingerprint density at radius 3 is 1.94 bits per heavy atom. The lowest BCUT2D eigenvalue weighted by atomic mass is 10.3. The molecule has 1 heterocycles. The van der Waals surface area contributed by atoms with Gasteiger partial charge in [-0.2, -0.15) is 0 Å². The smallest absolute Gasteiger partial charge is 0.306 e. The van der Waals surface area contributed by atoms with Crippen molar-refractivity contribution in [3.63, 3.8) is 0 Å². The number of nitrogens with zero attached hydrogens (tertiary/aromatic N) is 1. The molecule has 17 heavy (non-hydrogen) atoms. The quantitative estimate of drug-likeness (QED) is 0.645. The summed E-state index contributed by atoms with van der Waals surface area (Å²) < 4.78 is 14.5. The molecular formula is C10H14Cl2N3OP. The molecule has 0 bridgehead atoms. The van der Waals surface area contributed by atoms with Gasteiger partial charge in [-0.1, -0.05) is 12.1 Å². The van der Waals surface area contributed by atoms with Crippen molar-refractivity contribution in [1.29, 1.82) is 0 Å². The van der Waals surface area contributed by atoms with Gasteiger partial charge in [0.1, 0.15) is 0 Å². The molecule has 0 atom stereocenters. The molecule has 4 nitrogen and oxygen atoms in total. The molecule has 0 fully saturated rings. The average molecular weight is 294 g/mol. The maximum atomic E-state index is 12.7. The molecule has 0 saturated carbocycles. The molecule has 1 aromatic carbocycles. The number of halogens is 2. The summed E-state index contributed by atoms with van der Waals surface area (Å²) in [6.45, 7) is 1.05. The largest absolute Gasteiger partial charge is 0.330 e. The lowest BCUT2D eigenvalue weighted by Gasteiger charge is -2.27. The molecule has 0 spiro atoms. The number of alkyl halides is 2. The second-order valence-electron chi connectivity index (χ2n) is 3.68. The van der Waals surface area contributed by atoms with E-state index in [1.165, 1.54) is 0 Å². The van der Waals surface area contributed by atoms with Gasteiger partial charge in [0.25, 0.3) is 0 Å². The van der Waals surface area contributed by atoms with E-state index in [1.54, 1.807) is 4.67 Å². The molecule has 0 amide bonds. The van der Waals surface area contributed by atoms with E-state index in [2.05, 4.69) is 10.2 Å². The van der Waals surface area contributed by atoms with Crippen LogP contribution >= 0.6 is 30.8 Å². The number of benzene rings is 1. The molecular weight excluding hydrogens is 280 g/mol. The van der Waals surface area contributed by atoms with Crippen molar-refractivity contribution < 1.29 is 4.57 Å². The number of para-hydroxylation sites is 2. The van der Waals surface area contributed by atoms with Gasteiger partial charge in [-0.15, -0.1) is 23.2 Å². The topological polar surface area (TPSA) is 44.4 Å². The monoisotopic (exact) mass is 293 g/mol. The van der Waals surface area contributed by atoms with Crippen LogP contribution in [0.4, 0.5) is 11.4 Å². The van der Waals surface area contributed by atoms with Crippen molar-refractivity contribution in [3.05, 3.63) is 24.3 Å². The molecule has 1 aliphatic heterocycles. The van der Waals surface area contributed by atoms with E-state index in [4.69, 9.17) is 23.2 Å². The molecule has 0 radical (unpaired) electrons. The Morgan fingerprint density at radius 2 is 1.53 bits per heavy atom. The average Bonchev–Trinajstić information content (AvgIpc) is 2.66. The van der Waals surface area contributed by atoms with Crippen LogP contribution in [0.25, 0.3) is 0 Å². The zero-order valence-electron chi connectivity index (χ0n) is 9.20. The summed E-state index contributed by atoms with van der Waals surface area (Å²) in [6, 6.07) is 7.58. The van der Waals surface area contributed by atoms with E-state index < -0.39 is 7.59 Å². The molecule has 2 N–H and O–H groups in total. The number of rotatable bonds is 5. The fourth-order valence-electron chi connectivity index (χ4n) is 1.76. The highest BCUT2D eigenvalue weighted by Gasteiger charge is 2.35. The van der Waals surface area contributed by atoms with Crippen LogP contribution in [0.3, 0.4) is 0 Å². The minimum absolute atomic E-state index is 0.417. The summed E-state index contributed by atoms with van der Waals surface area (Å²) in [5.74, 6) is 0.834. The Kier molecular flexibility index (Phi) is 4.21. The van der Waals surface area contributed by atoms with Gasteiger partial charge < -0.3 is 10.2 Å². The van der Waals surface area contributed by atoms with Crippen LogP contribution in [-0.2, 0) is 4.57 Å². The van der Waals surface area contributed by atoms with Crippen LogP contribution in [0, 0.1) is 0 Å². The van der Waals surface area contributed by atoms with Crippen molar-refractivity contribution in [2.45, 2.75) is 0 Å². The predicted octanol–water partition coefficient (Wildman–Crippen LogP) is 3.41. The molecule has 94 valence electrons. The van der Waals surface area contributed by atoms with Gasteiger partial charge in [0.2, 0.25) is 0 Å². The first-order valence-electron chi connectivity index (χ1n) is 5.32. The van der Waals surface area contributed by atoms with Crippen molar-refractivity contribution in [2.75, 3.05) is 35.0 Å². The van der Waals surface area contributed by atoms with E-state index in [9.17, 15) is 4.57 Å². The van der Waals surface area contributed by atoms with Crippen molar-refractivity contribution in [2.24, 2.45) is 0 Å². The Hall–Kier alpha value is -0.410. The highest BCUT2D eigenvalue weighted by atomic mass is 35.5. The minimum atomic E-state index is -2.83. The Labute approximate surface area is 111 Å². The zero-order valence-corrected chi connectivity index (χ0v) is 11.6. The van der Waals surface area contributed by atoms with Crippen molar-refractivity contribution in [3.8, 4) is 0 Å². The van der Waals surface area contributed by atoms with Gasteiger partial charge in [-0.25, -0.2) is 4.67 Å². The van der Waals surface area contributed by atoms with E-state index in [-0.39, 0.29) is 0 Å². The van der Waals surface area contributed by atoms with Crippen LogP contribution in [0.5, 0.6) is 0 Å². The second kappa shape index (κ2) is 5.49. The van der Waals surface area contributed by atoms with Crippen molar-refractivity contribution in [1.82, 2.24) is 4.67 Å². The van der Waals surface area contributed by atoms with E-state index in [1.807, 2.05) is 24.3 Å². The summed E-state index contributed by atoms with van der Waals surface area (Å²) in [5, 5.41) is 6.07. The maximum Gasteiger partial charge on any atom is 0.330 e. The number of hydrogen-bond acceptors (Lipinski definition) is 1. The lowest BCUT2D eigenvalue weighted by Crippen LogP contribution is -2.29. The Balaban J connectivity index is 2.19. The van der Waals surface area contributed by atoms with E-state index >= 15 is 0 Å². The minimum Gasteiger partial charge on any atom is -0.306 e. The summed E-state index contributed by atoms with van der Waals surface area (Å²) in [7, 11) is -2.83. The van der Waals surface area contributed by atoms with Gasteiger partial charge in [-0.3, -0.25) is 4.57 Å². The van der Waals surface area contributed by atoms with Crippen LogP contribution in [0.2, 0.25) is 0 Å². The first-order valence-corrected chi connectivity index (χ1v) is 8.05. The van der Waals surface area contributed by atoms with Crippen LogP contribution in [0.1, 0.15) is 0 Å². The third-order valence-electron chi connectivity index (χ3n) is 2.55. The summed E-state index contributed by atoms with van der Waals surface area (Å²) in [4.78, 5) is 0. The van der Waals surface area contributed by atoms with Gasteiger partial charge in [0, 0.05) is 24.8 Å². The Morgan fingerprint density at radius 1 is 1.06 bits per heavy atom. The molecule has 0 aliphatic carbocycles. The second-order valence-corrected chi connectivity index (χ2v) is 6.60. The van der Waals surface area contributed by atoms with Crippen LogP contribution in [-0.4, -0.2) is 29.5 Å². The third-order valence-corrected chi connectivity index (χ3v) is 5.18. The van der Waals surface area contributed by atoms with Crippen LogP contribution < -0.4 is 10.2 Å². The predicted molar refractivity (Wildman–Crippen MR) is 74.3 cm³/mol. The highest BCUT2D eigenvalue weighted by Crippen LogP contribution is 2.56. The van der Waals surface area contributed by atoms with Gasteiger partial charge in [-0.05, 0) is 12.1 Å². The summed E-state index contributed by atoms with van der Waals surface area (Å²) >= 11 is 11.4. The number of hydrogen-bond donors (Lipinski definition) is 2. The summed E-state index contributed by atoms with van der Waals surface area (Å²) in [5.41, 5.74) is 1.70. The fraction of sp³-hybridized carbons (Fsp3) is 0.400. The van der Waals surface area contributed by atoms with E-state index in [0.29, 0.717) is 24.8 Å². The van der Waals surface area contributed by atoms with Gasteiger partial charge in [0.05, 0.1) is 11.4 Å². The molecule has 0 saturated heterocycles.